The summed E-state index contributed by atoms with van der Waals surface area (Å²) in [6.45, 7) is 0. The van der Waals surface area contributed by atoms with E-state index in [0.717, 1.165) is 5.56 Å². The van der Waals surface area contributed by atoms with Crippen LogP contribution in [0, 0.1) is 5.41 Å². The third-order valence-corrected chi connectivity index (χ3v) is 2.20. The van der Waals surface area contributed by atoms with Gasteiger partial charge in [-0.1, -0.05) is 18.2 Å². The largest absolute Gasteiger partial charge is 0.468 e. The number of ether oxygens (including phenoxy) is 1. The highest BCUT2D eigenvalue weighted by Gasteiger charge is 2.14. The predicted molar refractivity (Wildman–Crippen MR) is 61.2 cm³/mol. The molecule has 0 heterocycles. The number of nitrogen functional groups attached to an aromatic ring is 1. The van der Waals surface area contributed by atoms with Crippen molar-refractivity contribution in [3.63, 3.8) is 0 Å². The van der Waals surface area contributed by atoms with Gasteiger partial charge in [0.25, 0.3) is 0 Å². The third-order valence-electron chi connectivity index (χ3n) is 2.20. The third kappa shape index (κ3) is 3.06. The predicted octanol–water partition coefficient (Wildman–Crippen LogP) is 0.0135. The molecule has 1 aromatic carbocycles. The van der Waals surface area contributed by atoms with Crippen LogP contribution < -0.4 is 11.5 Å². The van der Waals surface area contributed by atoms with E-state index in [-0.39, 0.29) is 5.84 Å². The van der Waals surface area contributed by atoms with Crippen LogP contribution in [0.3, 0.4) is 0 Å². The molecule has 0 fully saturated rings. The zero-order valence-corrected chi connectivity index (χ0v) is 9.07. The zero-order chi connectivity index (χ0) is 12.1. The summed E-state index contributed by atoms with van der Waals surface area (Å²) in [4.78, 5) is 11.1. The van der Waals surface area contributed by atoms with Crippen LogP contribution in [-0.2, 0) is 16.0 Å². The minimum atomic E-state index is -0.688. The van der Waals surface area contributed by atoms with Crippen molar-refractivity contribution >= 4 is 11.8 Å². The van der Waals surface area contributed by atoms with Gasteiger partial charge >= 0.3 is 5.97 Å². The number of esters is 1. The molecule has 0 amide bonds. The Morgan fingerprint density at radius 2 is 2.25 bits per heavy atom. The van der Waals surface area contributed by atoms with Gasteiger partial charge in [0.15, 0.2) is 0 Å². The first-order valence-electron chi connectivity index (χ1n) is 4.81. The van der Waals surface area contributed by atoms with E-state index in [1.54, 1.807) is 18.2 Å². The van der Waals surface area contributed by atoms with Crippen LogP contribution in [0.25, 0.3) is 0 Å². The molecule has 0 bridgehead atoms. The maximum absolute atomic E-state index is 11.1. The summed E-state index contributed by atoms with van der Waals surface area (Å²) in [5, 5.41) is 7.29. The Hall–Kier alpha value is -1.88. The van der Waals surface area contributed by atoms with E-state index in [0.29, 0.717) is 12.0 Å². The van der Waals surface area contributed by atoms with Crippen LogP contribution in [0.2, 0.25) is 0 Å². The molecular formula is C11H15N3O2. The first kappa shape index (κ1) is 12.2. The average molecular weight is 221 g/mol. The fraction of sp³-hybridized carbons (Fsp3) is 0.273. The molecule has 1 rings (SSSR count). The zero-order valence-electron chi connectivity index (χ0n) is 9.07. The van der Waals surface area contributed by atoms with E-state index >= 15 is 0 Å². The van der Waals surface area contributed by atoms with Crippen molar-refractivity contribution in [1.82, 2.24) is 0 Å². The van der Waals surface area contributed by atoms with Crippen molar-refractivity contribution in [2.45, 2.75) is 12.5 Å². The number of hydrogen-bond acceptors (Lipinski definition) is 4. The van der Waals surface area contributed by atoms with Crippen LogP contribution in [-0.4, -0.2) is 25.0 Å². The summed E-state index contributed by atoms with van der Waals surface area (Å²) in [5.41, 5.74) is 12.5. The van der Waals surface area contributed by atoms with Gasteiger partial charge in [-0.05, 0) is 18.1 Å². The highest BCUT2D eigenvalue weighted by atomic mass is 16.5. The molecule has 0 saturated heterocycles. The second-order valence-electron chi connectivity index (χ2n) is 3.45. The first-order chi connectivity index (χ1) is 7.54. The first-order valence-corrected chi connectivity index (χ1v) is 4.81. The molecule has 0 aliphatic rings. The lowest BCUT2D eigenvalue weighted by atomic mass is 10.0. The van der Waals surface area contributed by atoms with E-state index < -0.39 is 12.0 Å². The standard InChI is InChI=1S/C11H15N3O2/c1-16-11(15)9(12)6-7-3-2-4-8(5-7)10(13)14/h2-5,9H,6,12H2,1H3,(H3,13,14). The molecule has 0 aromatic heterocycles. The summed E-state index contributed by atoms with van der Waals surface area (Å²) in [6, 6.07) is 6.39. The van der Waals surface area contributed by atoms with Gasteiger partial charge in [-0.15, -0.1) is 0 Å². The molecule has 5 nitrogen and oxygen atoms in total. The molecule has 1 unspecified atom stereocenters. The number of nitrogens with two attached hydrogens (primary N) is 2. The molecule has 5 N–H and O–H groups in total. The van der Waals surface area contributed by atoms with Gasteiger partial charge in [-0.25, -0.2) is 0 Å². The minimum absolute atomic E-state index is 0.00603. The van der Waals surface area contributed by atoms with Crippen molar-refractivity contribution in [2.75, 3.05) is 7.11 Å². The summed E-state index contributed by atoms with van der Waals surface area (Å²) < 4.78 is 4.53. The highest BCUT2D eigenvalue weighted by molar-refractivity contribution is 5.95. The maximum atomic E-state index is 11.1. The second-order valence-corrected chi connectivity index (χ2v) is 3.45. The summed E-state index contributed by atoms with van der Waals surface area (Å²) in [5.74, 6) is -0.457. The number of carbonyl (C=O) groups is 1. The number of methoxy groups -OCH3 is 1. The highest BCUT2D eigenvalue weighted by Crippen LogP contribution is 2.07. The van der Waals surface area contributed by atoms with E-state index in [2.05, 4.69) is 4.74 Å². The topological polar surface area (TPSA) is 102 Å². The Balaban J connectivity index is 2.78. The van der Waals surface area contributed by atoms with Gasteiger partial charge in [-0.2, -0.15) is 0 Å². The lowest BCUT2D eigenvalue weighted by molar-refractivity contribution is -0.142. The Morgan fingerprint density at radius 3 is 2.81 bits per heavy atom. The number of hydrogen-bond donors (Lipinski definition) is 3. The lowest BCUT2D eigenvalue weighted by Gasteiger charge is -2.09. The molecule has 0 radical (unpaired) electrons. The number of rotatable bonds is 4. The molecule has 0 saturated carbocycles. The monoisotopic (exact) mass is 221 g/mol. The number of nitrogens with one attached hydrogen (secondary N) is 1. The molecule has 5 heteroatoms. The van der Waals surface area contributed by atoms with Crippen LogP contribution >= 0.6 is 0 Å². The molecule has 1 atom stereocenters. The number of carbonyl (C=O) groups excluding carboxylic acids is 1. The Labute approximate surface area is 93.9 Å². The number of amidine groups is 1. The van der Waals surface area contributed by atoms with E-state index in [1.165, 1.54) is 7.11 Å². The van der Waals surface area contributed by atoms with Gasteiger partial charge in [0, 0.05) is 5.56 Å². The van der Waals surface area contributed by atoms with Crippen molar-refractivity contribution < 1.29 is 9.53 Å². The van der Waals surface area contributed by atoms with E-state index in [1.807, 2.05) is 6.07 Å². The van der Waals surface area contributed by atoms with Gasteiger partial charge in [0.1, 0.15) is 11.9 Å². The van der Waals surface area contributed by atoms with Crippen LogP contribution in [0.15, 0.2) is 24.3 Å². The van der Waals surface area contributed by atoms with Crippen molar-refractivity contribution in [2.24, 2.45) is 11.5 Å². The van der Waals surface area contributed by atoms with Crippen molar-refractivity contribution in [3.8, 4) is 0 Å². The van der Waals surface area contributed by atoms with Crippen LogP contribution in [0.4, 0.5) is 0 Å². The normalized spacial score (nSPS) is 11.9. The van der Waals surface area contributed by atoms with E-state index in [4.69, 9.17) is 16.9 Å². The van der Waals surface area contributed by atoms with Gasteiger partial charge in [0.05, 0.1) is 7.11 Å². The van der Waals surface area contributed by atoms with Crippen LogP contribution in [0.1, 0.15) is 11.1 Å². The van der Waals surface area contributed by atoms with Crippen molar-refractivity contribution in [3.05, 3.63) is 35.4 Å². The van der Waals surface area contributed by atoms with Gasteiger partial charge in [-0.3, -0.25) is 10.2 Å². The Bertz CT molecular complexity index is 404. The Morgan fingerprint density at radius 1 is 1.56 bits per heavy atom. The molecule has 0 aliphatic carbocycles. The summed E-state index contributed by atoms with van der Waals surface area (Å²) in [6.07, 6.45) is 0.369. The molecule has 0 aliphatic heterocycles. The summed E-state index contributed by atoms with van der Waals surface area (Å²) in [7, 11) is 1.30. The lowest BCUT2D eigenvalue weighted by Crippen LogP contribution is -2.33. The molecule has 1 aromatic rings. The quantitative estimate of drug-likeness (QED) is 0.378. The molecule has 16 heavy (non-hydrogen) atoms. The fourth-order valence-corrected chi connectivity index (χ4v) is 1.35. The fourth-order valence-electron chi connectivity index (χ4n) is 1.35. The molecular weight excluding hydrogens is 206 g/mol. The maximum Gasteiger partial charge on any atom is 0.322 e. The van der Waals surface area contributed by atoms with Crippen molar-refractivity contribution in [1.29, 1.82) is 5.41 Å². The SMILES string of the molecule is COC(=O)C(N)Cc1cccc(C(=N)N)c1. The molecule has 0 spiro atoms. The average Bonchev–Trinajstić information content (AvgIpc) is 2.28. The summed E-state index contributed by atoms with van der Waals surface area (Å²) >= 11 is 0. The number of benzene rings is 1. The Kier molecular flexibility index (Phi) is 4.02. The molecule has 86 valence electrons. The van der Waals surface area contributed by atoms with Gasteiger partial charge in [0.2, 0.25) is 0 Å². The smallest absolute Gasteiger partial charge is 0.322 e. The van der Waals surface area contributed by atoms with E-state index in [9.17, 15) is 4.79 Å². The van der Waals surface area contributed by atoms with Crippen LogP contribution in [0.5, 0.6) is 0 Å². The minimum Gasteiger partial charge on any atom is -0.468 e. The van der Waals surface area contributed by atoms with Gasteiger partial charge < -0.3 is 16.2 Å². The second kappa shape index (κ2) is 5.27.